The van der Waals surface area contributed by atoms with Gasteiger partial charge in [-0.25, -0.2) is 0 Å². The molecular formula is C16H31NO. The number of ether oxygens (including phenoxy) is 1. The van der Waals surface area contributed by atoms with Crippen LogP contribution in [0.2, 0.25) is 0 Å². The number of methoxy groups -OCH3 is 1. The van der Waals surface area contributed by atoms with Gasteiger partial charge in [-0.1, -0.05) is 26.7 Å². The molecule has 0 saturated heterocycles. The summed E-state index contributed by atoms with van der Waals surface area (Å²) in [6, 6.07) is 0.248. The Morgan fingerprint density at radius 3 is 2.28 bits per heavy atom. The molecule has 0 aromatic rings. The first-order valence-corrected chi connectivity index (χ1v) is 7.88. The highest BCUT2D eigenvalue weighted by Crippen LogP contribution is 2.42. The van der Waals surface area contributed by atoms with E-state index in [9.17, 15) is 0 Å². The highest BCUT2D eigenvalue weighted by molar-refractivity contribution is 4.98. The monoisotopic (exact) mass is 253 g/mol. The summed E-state index contributed by atoms with van der Waals surface area (Å²) in [4.78, 5) is 0. The summed E-state index contributed by atoms with van der Waals surface area (Å²) >= 11 is 0. The minimum absolute atomic E-state index is 0.0196. The van der Waals surface area contributed by atoms with E-state index in [-0.39, 0.29) is 11.6 Å². The van der Waals surface area contributed by atoms with E-state index in [0.29, 0.717) is 5.92 Å². The second kappa shape index (κ2) is 5.92. The maximum Gasteiger partial charge on any atom is 0.0831 e. The fourth-order valence-electron chi connectivity index (χ4n) is 4.16. The Kier molecular flexibility index (Phi) is 4.71. The highest BCUT2D eigenvalue weighted by Gasteiger charge is 2.43. The second-order valence-electron chi connectivity index (χ2n) is 7.01. The van der Waals surface area contributed by atoms with Crippen molar-refractivity contribution in [1.29, 1.82) is 0 Å². The zero-order valence-electron chi connectivity index (χ0n) is 12.5. The summed E-state index contributed by atoms with van der Waals surface area (Å²) in [5, 5.41) is 0. The maximum atomic E-state index is 6.65. The lowest BCUT2D eigenvalue weighted by Crippen LogP contribution is -2.55. The lowest BCUT2D eigenvalue weighted by molar-refractivity contribution is -0.0832. The van der Waals surface area contributed by atoms with Crippen molar-refractivity contribution in [3.05, 3.63) is 0 Å². The number of hydrogen-bond donors (Lipinski definition) is 1. The van der Waals surface area contributed by atoms with Crippen LogP contribution in [0.3, 0.4) is 0 Å². The van der Waals surface area contributed by atoms with E-state index in [1.807, 2.05) is 7.11 Å². The van der Waals surface area contributed by atoms with Gasteiger partial charge >= 0.3 is 0 Å². The van der Waals surface area contributed by atoms with Crippen LogP contribution < -0.4 is 5.73 Å². The molecule has 0 bridgehead atoms. The van der Waals surface area contributed by atoms with Gasteiger partial charge in [-0.05, 0) is 56.3 Å². The van der Waals surface area contributed by atoms with Crippen LogP contribution in [0.15, 0.2) is 0 Å². The summed E-state index contributed by atoms with van der Waals surface area (Å²) in [6.07, 6.45) is 10.3. The summed E-state index contributed by atoms with van der Waals surface area (Å²) in [6.45, 7) is 4.73. The van der Waals surface area contributed by atoms with Crippen LogP contribution >= 0.6 is 0 Å². The zero-order valence-corrected chi connectivity index (χ0v) is 12.5. The van der Waals surface area contributed by atoms with Crippen LogP contribution in [0.25, 0.3) is 0 Å². The van der Waals surface area contributed by atoms with E-state index in [2.05, 4.69) is 13.8 Å². The van der Waals surface area contributed by atoms with Gasteiger partial charge in [0.05, 0.1) is 5.60 Å². The summed E-state index contributed by atoms with van der Waals surface area (Å²) < 4.78 is 5.95. The van der Waals surface area contributed by atoms with E-state index in [1.165, 1.54) is 38.5 Å². The molecule has 0 aromatic heterocycles. The van der Waals surface area contributed by atoms with Crippen molar-refractivity contribution in [2.24, 2.45) is 23.5 Å². The highest BCUT2D eigenvalue weighted by atomic mass is 16.5. The smallest absolute Gasteiger partial charge is 0.0831 e. The van der Waals surface area contributed by atoms with Crippen LogP contribution in [0.1, 0.15) is 65.2 Å². The Balaban J connectivity index is 2.02. The van der Waals surface area contributed by atoms with Gasteiger partial charge in [0.25, 0.3) is 0 Å². The Bertz CT molecular complexity index is 258. The molecule has 2 saturated carbocycles. The van der Waals surface area contributed by atoms with E-state index in [0.717, 1.165) is 24.7 Å². The van der Waals surface area contributed by atoms with Gasteiger partial charge in [-0.15, -0.1) is 0 Å². The molecule has 3 unspecified atom stereocenters. The van der Waals surface area contributed by atoms with Crippen LogP contribution in [0.4, 0.5) is 0 Å². The van der Waals surface area contributed by atoms with E-state index >= 15 is 0 Å². The number of hydrogen-bond acceptors (Lipinski definition) is 2. The first-order valence-electron chi connectivity index (χ1n) is 7.88. The van der Waals surface area contributed by atoms with Crippen molar-refractivity contribution >= 4 is 0 Å². The first-order chi connectivity index (χ1) is 8.57. The minimum atomic E-state index is -0.0196. The molecule has 106 valence electrons. The molecule has 2 aliphatic carbocycles. The molecule has 0 amide bonds. The third-order valence-corrected chi connectivity index (χ3v) is 5.62. The van der Waals surface area contributed by atoms with E-state index < -0.39 is 0 Å². The third kappa shape index (κ3) is 2.91. The molecule has 18 heavy (non-hydrogen) atoms. The molecule has 2 aliphatic rings. The van der Waals surface area contributed by atoms with Crippen LogP contribution in [-0.2, 0) is 4.74 Å². The van der Waals surface area contributed by atoms with Crippen molar-refractivity contribution in [2.45, 2.75) is 76.9 Å². The predicted molar refractivity (Wildman–Crippen MR) is 76.5 cm³/mol. The van der Waals surface area contributed by atoms with Crippen molar-refractivity contribution in [2.75, 3.05) is 7.11 Å². The normalized spacial score (nSPS) is 43.7. The Labute approximate surface area is 113 Å². The summed E-state index contributed by atoms with van der Waals surface area (Å²) in [7, 11) is 1.88. The van der Waals surface area contributed by atoms with Gasteiger partial charge in [0.1, 0.15) is 0 Å². The standard InChI is InChI=1S/C16H31NO/c1-12-7-9-16(18-3,10-8-12)15(17)14-6-4-5-13(2)11-14/h12-15H,4-11,17H2,1-3H3. The van der Waals surface area contributed by atoms with Gasteiger partial charge < -0.3 is 10.5 Å². The molecule has 2 N–H and O–H groups in total. The van der Waals surface area contributed by atoms with Gasteiger partial charge in [-0.2, -0.15) is 0 Å². The lowest BCUT2D eigenvalue weighted by Gasteiger charge is -2.46. The van der Waals surface area contributed by atoms with Gasteiger partial charge in [-0.3, -0.25) is 0 Å². The van der Waals surface area contributed by atoms with Gasteiger partial charge in [0, 0.05) is 13.2 Å². The Morgan fingerprint density at radius 1 is 1.06 bits per heavy atom. The molecule has 2 heteroatoms. The molecule has 2 nitrogen and oxygen atoms in total. The quantitative estimate of drug-likeness (QED) is 0.831. The van der Waals surface area contributed by atoms with E-state index in [4.69, 9.17) is 10.5 Å². The molecule has 0 aromatic carbocycles. The van der Waals surface area contributed by atoms with E-state index in [1.54, 1.807) is 0 Å². The predicted octanol–water partition coefficient (Wildman–Crippen LogP) is 3.74. The number of nitrogens with two attached hydrogens (primary N) is 1. The molecule has 2 fully saturated rings. The molecule has 0 radical (unpaired) electrons. The Hall–Kier alpha value is -0.0800. The maximum absolute atomic E-state index is 6.65. The third-order valence-electron chi connectivity index (χ3n) is 5.62. The van der Waals surface area contributed by atoms with Crippen molar-refractivity contribution in [1.82, 2.24) is 0 Å². The summed E-state index contributed by atoms with van der Waals surface area (Å²) in [5.74, 6) is 2.39. The zero-order chi connectivity index (χ0) is 13.2. The average Bonchev–Trinajstić information content (AvgIpc) is 2.39. The molecule has 2 rings (SSSR count). The van der Waals surface area contributed by atoms with Crippen LogP contribution in [-0.4, -0.2) is 18.8 Å². The van der Waals surface area contributed by atoms with Crippen molar-refractivity contribution < 1.29 is 4.74 Å². The molecule has 0 heterocycles. The van der Waals surface area contributed by atoms with Gasteiger partial charge in [0.15, 0.2) is 0 Å². The summed E-state index contributed by atoms with van der Waals surface area (Å²) in [5.41, 5.74) is 6.63. The van der Waals surface area contributed by atoms with Crippen LogP contribution in [0.5, 0.6) is 0 Å². The Morgan fingerprint density at radius 2 is 1.72 bits per heavy atom. The molecule has 0 aliphatic heterocycles. The fraction of sp³-hybridized carbons (Fsp3) is 1.00. The lowest BCUT2D eigenvalue weighted by atomic mass is 9.68. The first kappa shape index (κ1) is 14.3. The minimum Gasteiger partial charge on any atom is -0.377 e. The fourth-order valence-corrected chi connectivity index (χ4v) is 4.16. The van der Waals surface area contributed by atoms with Crippen LogP contribution in [0, 0.1) is 17.8 Å². The molecule has 0 spiro atoms. The molecular weight excluding hydrogens is 222 g/mol. The largest absolute Gasteiger partial charge is 0.377 e. The second-order valence-corrected chi connectivity index (χ2v) is 7.01. The topological polar surface area (TPSA) is 35.2 Å². The molecule has 3 atom stereocenters. The average molecular weight is 253 g/mol. The van der Waals surface area contributed by atoms with Crippen molar-refractivity contribution in [3.8, 4) is 0 Å². The SMILES string of the molecule is COC1(C(N)C2CCCC(C)C2)CCC(C)CC1. The number of rotatable bonds is 3. The van der Waals surface area contributed by atoms with Crippen molar-refractivity contribution in [3.63, 3.8) is 0 Å². The van der Waals surface area contributed by atoms with Gasteiger partial charge in [0.2, 0.25) is 0 Å².